The summed E-state index contributed by atoms with van der Waals surface area (Å²) in [6.07, 6.45) is 0. The van der Waals surface area contributed by atoms with Crippen LogP contribution in [0.25, 0.3) is 0 Å². The first-order valence-corrected chi connectivity index (χ1v) is 6.98. The second kappa shape index (κ2) is 5.10. The summed E-state index contributed by atoms with van der Waals surface area (Å²) in [5.74, 6) is -0.990. The summed E-state index contributed by atoms with van der Waals surface area (Å²) in [7, 11) is -5.17. The Morgan fingerprint density at radius 3 is 1.94 bits per heavy atom. The largest absolute Gasteiger partial charge is 0.683 e. The van der Waals surface area contributed by atoms with Crippen LogP contribution in [-0.2, 0) is 4.43 Å². The highest BCUT2D eigenvalue weighted by Gasteiger charge is 2.45. The molecule has 0 saturated heterocycles. The van der Waals surface area contributed by atoms with Gasteiger partial charge in [-0.1, -0.05) is 48.5 Å². The number of rotatable bonds is 3. The molecule has 0 atom stereocenters. The SMILES string of the molecule is O=C(O[Si](F)(F)c1ccccc1)c1ccccc1. The Bertz CT molecular complexity index is 529. The minimum Gasteiger partial charge on any atom is -0.461 e. The smallest absolute Gasteiger partial charge is 0.461 e. The third kappa shape index (κ3) is 2.81. The van der Waals surface area contributed by atoms with Crippen LogP contribution in [0.4, 0.5) is 8.22 Å². The van der Waals surface area contributed by atoms with Crippen molar-refractivity contribution in [2.24, 2.45) is 0 Å². The molecule has 2 rings (SSSR count). The first-order chi connectivity index (χ1) is 8.59. The normalized spacial score (nSPS) is 11.0. The quantitative estimate of drug-likeness (QED) is 0.629. The van der Waals surface area contributed by atoms with Crippen LogP contribution in [0, 0.1) is 0 Å². The van der Waals surface area contributed by atoms with E-state index < -0.39 is 15.0 Å². The van der Waals surface area contributed by atoms with Crippen molar-refractivity contribution in [3.63, 3.8) is 0 Å². The topological polar surface area (TPSA) is 26.3 Å². The van der Waals surface area contributed by atoms with Crippen molar-refractivity contribution in [2.45, 2.75) is 0 Å². The summed E-state index contributed by atoms with van der Waals surface area (Å²) in [6.45, 7) is 0. The van der Waals surface area contributed by atoms with Gasteiger partial charge in [0.1, 0.15) is 0 Å². The molecule has 92 valence electrons. The molecule has 0 N–H and O–H groups in total. The van der Waals surface area contributed by atoms with Crippen LogP contribution in [0.5, 0.6) is 0 Å². The van der Waals surface area contributed by atoms with Crippen molar-refractivity contribution < 1.29 is 17.4 Å². The van der Waals surface area contributed by atoms with Crippen molar-refractivity contribution in [3.05, 3.63) is 66.2 Å². The molecule has 5 heteroatoms. The van der Waals surface area contributed by atoms with E-state index in [0.29, 0.717) is 0 Å². The van der Waals surface area contributed by atoms with Crippen molar-refractivity contribution in [3.8, 4) is 0 Å². The molecule has 0 aliphatic carbocycles. The molecule has 18 heavy (non-hydrogen) atoms. The average molecular weight is 264 g/mol. The van der Waals surface area contributed by atoms with Gasteiger partial charge in [0.05, 0.1) is 5.56 Å². The van der Waals surface area contributed by atoms with Crippen LogP contribution in [0.15, 0.2) is 60.7 Å². The number of benzene rings is 2. The van der Waals surface area contributed by atoms with E-state index in [4.69, 9.17) is 0 Å². The molecule has 0 aromatic heterocycles. The molecule has 0 heterocycles. The standard InChI is InChI=1S/C13H10F2O2Si/c14-18(15,12-9-5-2-6-10-12)17-13(16)11-7-3-1-4-8-11/h1-10H. The fourth-order valence-electron chi connectivity index (χ4n) is 1.44. The molecule has 0 amide bonds. The summed E-state index contributed by atoms with van der Waals surface area (Å²) in [5.41, 5.74) is 0.126. The van der Waals surface area contributed by atoms with E-state index in [-0.39, 0.29) is 10.8 Å². The van der Waals surface area contributed by atoms with Gasteiger partial charge in [0.15, 0.2) is 0 Å². The lowest BCUT2D eigenvalue weighted by molar-refractivity contribution is 0.0680. The van der Waals surface area contributed by atoms with Crippen LogP contribution in [0.3, 0.4) is 0 Å². The van der Waals surface area contributed by atoms with Crippen LogP contribution < -0.4 is 5.19 Å². The molecule has 0 bridgehead atoms. The van der Waals surface area contributed by atoms with E-state index >= 15 is 0 Å². The van der Waals surface area contributed by atoms with Gasteiger partial charge in [-0.25, -0.2) is 13.0 Å². The molecular formula is C13H10F2O2Si. The molecule has 2 nitrogen and oxygen atoms in total. The van der Waals surface area contributed by atoms with Gasteiger partial charge in [-0.2, -0.15) is 0 Å². The molecule has 0 radical (unpaired) electrons. The monoisotopic (exact) mass is 264 g/mol. The van der Waals surface area contributed by atoms with Gasteiger partial charge >= 0.3 is 15.0 Å². The highest BCUT2D eigenvalue weighted by Crippen LogP contribution is 2.13. The van der Waals surface area contributed by atoms with Crippen molar-refractivity contribution in [1.29, 1.82) is 0 Å². The Morgan fingerprint density at radius 1 is 0.889 bits per heavy atom. The fraction of sp³-hybridized carbons (Fsp3) is 0. The molecule has 0 fully saturated rings. The second-order valence-corrected chi connectivity index (χ2v) is 5.45. The summed E-state index contributed by atoms with van der Waals surface area (Å²) < 4.78 is 32.0. The average Bonchev–Trinajstić information content (AvgIpc) is 2.40. The summed E-state index contributed by atoms with van der Waals surface area (Å²) in [4.78, 5) is 11.6. The summed E-state index contributed by atoms with van der Waals surface area (Å²) >= 11 is 0. The lowest BCUT2D eigenvalue weighted by atomic mass is 10.2. The third-order valence-electron chi connectivity index (χ3n) is 2.34. The first kappa shape index (κ1) is 12.4. The minimum atomic E-state index is -5.17. The molecule has 2 aromatic carbocycles. The van der Waals surface area contributed by atoms with E-state index in [0.717, 1.165) is 0 Å². The fourth-order valence-corrected chi connectivity index (χ4v) is 2.49. The molecule has 0 aliphatic heterocycles. The Morgan fingerprint density at radius 2 is 1.39 bits per heavy atom. The lowest BCUT2D eigenvalue weighted by Crippen LogP contribution is -2.44. The van der Waals surface area contributed by atoms with Crippen LogP contribution in [0.1, 0.15) is 10.4 Å². The van der Waals surface area contributed by atoms with Crippen molar-refractivity contribution in [1.82, 2.24) is 0 Å². The molecule has 0 spiro atoms. The van der Waals surface area contributed by atoms with Gasteiger partial charge in [0.2, 0.25) is 0 Å². The van der Waals surface area contributed by atoms with Gasteiger partial charge in [0.25, 0.3) is 0 Å². The zero-order valence-corrected chi connectivity index (χ0v) is 10.3. The number of hydrogen-bond donors (Lipinski definition) is 0. The maximum Gasteiger partial charge on any atom is 0.683 e. The molecule has 0 unspecified atom stereocenters. The number of carbonyl (C=O) groups excluding carboxylic acids is 1. The van der Waals surface area contributed by atoms with Gasteiger partial charge in [0, 0.05) is 5.19 Å². The molecule has 2 aromatic rings. The maximum atomic E-state index is 13.8. The van der Waals surface area contributed by atoms with Crippen LogP contribution in [0.2, 0.25) is 0 Å². The molecular weight excluding hydrogens is 254 g/mol. The van der Waals surface area contributed by atoms with Crippen LogP contribution in [-0.4, -0.2) is 15.0 Å². The van der Waals surface area contributed by atoms with Gasteiger partial charge in [-0.3, -0.25) is 0 Å². The predicted molar refractivity (Wildman–Crippen MR) is 65.9 cm³/mol. The van der Waals surface area contributed by atoms with Gasteiger partial charge in [-0.05, 0) is 12.1 Å². The second-order valence-electron chi connectivity index (χ2n) is 3.64. The molecule has 0 saturated carbocycles. The first-order valence-electron chi connectivity index (χ1n) is 5.31. The van der Waals surface area contributed by atoms with Gasteiger partial charge < -0.3 is 4.43 Å². The maximum absolute atomic E-state index is 13.8. The highest BCUT2D eigenvalue weighted by molar-refractivity contribution is 6.75. The zero-order valence-electron chi connectivity index (χ0n) is 9.35. The number of halogens is 2. The lowest BCUT2D eigenvalue weighted by Gasteiger charge is -2.13. The van der Waals surface area contributed by atoms with Crippen molar-refractivity contribution >= 4 is 20.1 Å². The summed E-state index contributed by atoms with van der Waals surface area (Å²) in [5, 5.41) is -0.214. The van der Waals surface area contributed by atoms with E-state index in [1.807, 2.05) is 0 Å². The van der Waals surface area contributed by atoms with Gasteiger partial charge in [-0.15, -0.1) is 0 Å². The highest BCUT2D eigenvalue weighted by atomic mass is 28.4. The summed E-state index contributed by atoms with van der Waals surface area (Å²) in [6, 6.07) is 14.9. The third-order valence-corrected chi connectivity index (χ3v) is 3.79. The van der Waals surface area contributed by atoms with E-state index in [9.17, 15) is 13.0 Å². The number of carbonyl (C=O) groups is 1. The van der Waals surface area contributed by atoms with Crippen molar-refractivity contribution in [2.75, 3.05) is 0 Å². The Balaban J connectivity index is 2.17. The zero-order chi connectivity index (χ0) is 13.0. The number of hydrogen-bond acceptors (Lipinski definition) is 2. The van der Waals surface area contributed by atoms with E-state index in [1.54, 1.807) is 24.3 Å². The predicted octanol–water partition coefficient (Wildman–Crippen LogP) is 2.63. The molecule has 0 aliphatic rings. The Hall–Kier alpha value is -2.01. The van der Waals surface area contributed by atoms with E-state index in [2.05, 4.69) is 4.43 Å². The Labute approximate surface area is 104 Å². The Kier molecular flexibility index (Phi) is 3.52. The minimum absolute atomic E-state index is 0.126. The van der Waals surface area contributed by atoms with E-state index in [1.165, 1.54) is 36.4 Å². The van der Waals surface area contributed by atoms with Crippen LogP contribution >= 0.6 is 0 Å².